The SMILES string of the molecule is C=C/C=C1\c2c(c(-c3ccccc3)n(-c3nc4ccccc4nc3-c3ccccc3)c2C)-c2cccc3oc4cccc1c4c23. The average molecular weight is 578 g/mol. The number of hydrogen-bond donors (Lipinski definition) is 0. The van der Waals surface area contributed by atoms with Gasteiger partial charge in [0.25, 0.3) is 0 Å². The third-order valence-electron chi connectivity index (χ3n) is 8.90. The predicted octanol–water partition coefficient (Wildman–Crippen LogP) is 10.6. The van der Waals surface area contributed by atoms with Crippen LogP contribution in [0.2, 0.25) is 0 Å². The second-order valence-electron chi connectivity index (χ2n) is 11.4. The summed E-state index contributed by atoms with van der Waals surface area (Å²) in [5.41, 5.74) is 14.2. The molecule has 0 amide bonds. The van der Waals surface area contributed by atoms with Crippen LogP contribution in [-0.4, -0.2) is 14.5 Å². The molecular formula is C41H27N3O. The molecule has 3 aromatic heterocycles. The maximum atomic E-state index is 6.46. The van der Waals surface area contributed by atoms with Crippen molar-refractivity contribution in [3.8, 4) is 39.5 Å². The Bertz CT molecular complexity index is 2500. The van der Waals surface area contributed by atoms with Crippen LogP contribution in [0.3, 0.4) is 0 Å². The second-order valence-corrected chi connectivity index (χ2v) is 11.4. The highest BCUT2D eigenvalue weighted by molar-refractivity contribution is 6.22. The van der Waals surface area contributed by atoms with Gasteiger partial charge in [0.15, 0.2) is 5.82 Å². The summed E-state index contributed by atoms with van der Waals surface area (Å²) < 4.78 is 8.78. The van der Waals surface area contributed by atoms with E-state index in [0.29, 0.717) is 0 Å². The largest absolute Gasteiger partial charge is 0.456 e. The first-order valence-corrected chi connectivity index (χ1v) is 15.1. The lowest BCUT2D eigenvalue weighted by Crippen LogP contribution is -2.07. The Kier molecular flexibility index (Phi) is 5.53. The van der Waals surface area contributed by atoms with Crippen LogP contribution in [0.4, 0.5) is 0 Å². The fourth-order valence-corrected chi connectivity index (χ4v) is 7.08. The fraction of sp³-hybridized carbons (Fsp3) is 0.0244. The number of aromatic nitrogens is 3. The molecule has 0 atom stereocenters. The minimum Gasteiger partial charge on any atom is -0.456 e. The number of benzene rings is 5. The Morgan fingerprint density at radius 1 is 0.622 bits per heavy atom. The van der Waals surface area contributed by atoms with Crippen LogP contribution in [0.1, 0.15) is 16.8 Å². The van der Waals surface area contributed by atoms with E-state index >= 15 is 0 Å². The van der Waals surface area contributed by atoms with Gasteiger partial charge in [0.1, 0.15) is 16.9 Å². The minimum atomic E-state index is 0.792. The summed E-state index contributed by atoms with van der Waals surface area (Å²) in [4.78, 5) is 10.6. The Morgan fingerprint density at radius 3 is 1.91 bits per heavy atom. The summed E-state index contributed by atoms with van der Waals surface area (Å²) >= 11 is 0. The molecule has 0 spiro atoms. The monoisotopic (exact) mass is 577 g/mol. The van der Waals surface area contributed by atoms with Crippen molar-refractivity contribution in [1.29, 1.82) is 0 Å². The van der Waals surface area contributed by atoms with Crippen LogP contribution < -0.4 is 0 Å². The van der Waals surface area contributed by atoms with E-state index in [9.17, 15) is 0 Å². The maximum absolute atomic E-state index is 6.46. The first kappa shape index (κ1) is 25.5. The van der Waals surface area contributed by atoms with Gasteiger partial charge >= 0.3 is 0 Å². The summed E-state index contributed by atoms with van der Waals surface area (Å²) in [6.45, 7) is 6.35. The number of hydrogen-bond acceptors (Lipinski definition) is 3. The molecule has 212 valence electrons. The van der Waals surface area contributed by atoms with E-state index in [4.69, 9.17) is 14.4 Å². The zero-order valence-electron chi connectivity index (χ0n) is 24.7. The van der Waals surface area contributed by atoms with E-state index < -0.39 is 0 Å². The number of para-hydroxylation sites is 2. The zero-order chi connectivity index (χ0) is 30.1. The molecule has 3 heterocycles. The van der Waals surface area contributed by atoms with Gasteiger partial charge in [0.2, 0.25) is 0 Å². The standard InChI is InChI=1S/C41H27N3O/c1-3-14-28-29-19-12-23-33-36(29)37-30(20-13-24-34(37)45-33)38-35(28)25(2)44(40(38)27-17-8-5-9-18-27)41-39(26-15-6-4-7-16-26)42-31-21-10-11-22-32(31)43-41/h3-24H,1H2,2H3/b28-14-. The van der Waals surface area contributed by atoms with Crippen molar-refractivity contribution in [2.75, 3.05) is 0 Å². The molecule has 5 aromatic carbocycles. The van der Waals surface area contributed by atoms with E-state index in [0.717, 1.165) is 94.8 Å². The number of fused-ring (bicyclic) bond motifs is 3. The zero-order valence-corrected chi connectivity index (χ0v) is 24.7. The maximum Gasteiger partial charge on any atom is 0.164 e. The Labute approximate surface area is 260 Å². The van der Waals surface area contributed by atoms with E-state index in [2.05, 4.69) is 115 Å². The third kappa shape index (κ3) is 3.66. The van der Waals surface area contributed by atoms with E-state index in [-0.39, 0.29) is 0 Å². The number of rotatable bonds is 4. The van der Waals surface area contributed by atoms with Gasteiger partial charge in [0.05, 0.1) is 16.7 Å². The van der Waals surface area contributed by atoms with Crippen LogP contribution in [0.15, 0.2) is 144 Å². The van der Waals surface area contributed by atoms with Crippen LogP contribution >= 0.6 is 0 Å². The highest BCUT2D eigenvalue weighted by atomic mass is 16.3. The molecule has 0 N–H and O–H groups in total. The highest BCUT2D eigenvalue weighted by Gasteiger charge is 2.33. The van der Waals surface area contributed by atoms with Crippen molar-refractivity contribution in [3.63, 3.8) is 0 Å². The van der Waals surface area contributed by atoms with Gasteiger partial charge in [-0.2, -0.15) is 0 Å². The molecule has 4 heteroatoms. The van der Waals surface area contributed by atoms with Gasteiger partial charge in [-0.1, -0.05) is 116 Å². The van der Waals surface area contributed by atoms with Gasteiger partial charge in [0, 0.05) is 33.2 Å². The van der Waals surface area contributed by atoms with Crippen molar-refractivity contribution in [2.45, 2.75) is 6.92 Å². The van der Waals surface area contributed by atoms with Gasteiger partial charge in [-0.25, -0.2) is 9.97 Å². The molecule has 0 saturated carbocycles. The third-order valence-corrected chi connectivity index (χ3v) is 8.90. The predicted molar refractivity (Wildman–Crippen MR) is 184 cm³/mol. The molecule has 0 saturated heterocycles. The quantitative estimate of drug-likeness (QED) is 0.209. The lowest BCUT2D eigenvalue weighted by Gasteiger charge is -2.17. The summed E-state index contributed by atoms with van der Waals surface area (Å²) in [5, 5.41) is 2.26. The summed E-state index contributed by atoms with van der Waals surface area (Å²) in [6, 6.07) is 41.8. The van der Waals surface area contributed by atoms with Crippen molar-refractivity contribution < 1.29 is 4.42 Å². The molecule has 0 aliphatic heterocycles. The van der Waals surface area contributed by atoms with Crippen molar-refractivity contribution in [2.24, 2.45) is 0 Å². The van der Waals surface area contributed by atoms with Crippen LogP contribution in [0.25, 0.3) is 78.0 Å². The summed E-state index contributed by atoms with van der Waals surface area (Å²) in [6.07, 6.45) is 4.02. The van der Waals surface area contributed by atoms with Crippen LogP contribution in [0, 0.1) is 6.92 Å². The molecule has 0 unspecified atom stereocenters. The number of nitrogens with zero attached hydrogens (tertiary/aromatic N) is 3. The van der Waals surface area contributed by atoms with Crippen LogP contribution in [-0.2, 0) is 0 Å². The molecule has 1 aliphatic carbocycles. The van der Waals surface area contributed by atoms with Crippen molar-refractivity contribution >= 4 is 38.5 Å². The fourth-order valence-electron chi connectivity index (χ4n) is 7.08. The topological polar surface area (TPSA) is 43.9 Å². The van der Waals surface area contributed by atoms with E-state index in [1.165, 1.54) is 0 Å². The molecule has 8 aromatic rings. The molecule has 0 radical (unpaired) electrons. The molecule has 1 aliphatic rings. The summed E-state index contributed by atoms with van der Waals surface area (Å²) in [7, 11) is 0. The van der Waals surface area contributed by atoms with Crippen molar-refractivity contribution in [3.05, 3.63) is 157 Å². The molecule has 0 fully saturated rings. The normalized spacial score (nSPS) is 13.1. The number of furan rings is 1. The Hall–Kier alpha value is -6.00. The molecular weight excluding hydrogens is 550 g/mol. The van der Waals surface area contributed by atoms with E-state index in [1.807, 2.05) is 36.4 Å². The van der Waals surface area contributed by atoms with Gasteiger partial charge < -0.3 is 4.42 Å². The van der Waals surface area contributed by atoms with Crippen LogP contribution in [0.5, 0.6) is 0 Å². The van der Waals surface area contributed by atoms with Crippen molar-refractivity contribution in [1.82, 2.24) is 14.5 Å². The average Bonchev–Trinajstić information content (AvgIpc) is 3.58. The molecule has 4 nitrogen and oxygen atoms in total. The second kappa shape index (κ2) is 9.76. The Morgan fingerprint density at radius 2 is 1.22 bits per heavy atom. The first-order valence-electron chi connectivity index (χ1n) is 15.1. The highest BCUT2D eigenvalue weighted by Crippen LogP contribution is 2.53. The lowest BCUT2D eigenvalue weighted by molar-refractivity contribution is 0.669. The molecule has 45 heavy (non-hydrogen) atoms. The summed E-state index contributed by atoms with van der Waals surface area (Å²) in [5.74, 6) is 0.792. The smallest absolute Gasteiger partial charge is 0.164 e. The minimum absolute atomic E-state index is 0.792. The van der Waals surface area contributed by atoms with Gasteiger partial charge in [-0.05, 0) is 53.5 Å². The van der Waals surface area contributed by atoms with E-state index in [1.54, 1.807) is 0 Å². The van der Waals surface area contributed by atoms with Gasteiger partial charge in [-0.15, -0.1) is 0 Å². The first-order chi connectivity index (χ1) is 22.2. The molecule has 0 bridgehead atoms. The lowest BCUT2D eigenvalue weighted by atomic mass is 9.91. The molecule has 9 rings (SSSR count). The Balaban J connectivity index is 1.52. The number of allylic oxidation sites excluding steroid dienone is 2. The van der Waals surface area contributed by atoms with Gasteiger partial charge in [-0.3, -0.25) is 4.57 Å².